The number of rotatable bonds is 5. The molecular formula is C22H23N5O3. The lowest BCUT2D eigenvalue weighted by Crippen LogP contribution is -2.51. The van der Waals surface area contributed by atoms with Gasteiger partial charge in [-0.15, -0.1) is 0 Å². The highest BCUT2D eigenvalue weighted by atomic mass is 16.3. The minimum atomic E-state index is -0.994. The lowest BCUT2D eigenvalue weighted by molar-refractivity contribution is -0.0224. The summed E-state index contributed by atoms with van der Waals surface area (Å²) in [6, 6.07) is 6.96. The number of nitrogens with one attached hydrogen (secondary N) is 1. The number of amides is 2. The summed E-state index contributed by atoms with van der Waals surface area (Å²) in [6.07, 6.45) is 6.65. The second kappa shape index (κ2) is 6.63. The molecule has 154 valence electrons. The van der Waals surface area contributed by atoms with Crippen molar-refractivity contribution in [3.05, 3.63) is 59.7 Å². The van der Waals surface area contributed by atoms with Crippen molar-refractivity contribution in [3.63, 3.8) is 0 Å². The molecule has 1 aromatic carbocycles. The van der Waals surface area contributed by atoms with Gasteiger partial charge in [0, 0.05) is 12.7 Å². The van der Waals surface area contributed by atoms with Crippen molar-refractivity contribution >= 4 is 23.0 Å². The molecule has 0 radical (unpaired) electrons. The van der Waals surface area contributed by atoms with Gasteiger partial charge in [-0.3, -0.25) is 9.59 Å². The molecule has 0 spiro atoms. The molecule has 1 unspecified atom stereocenters. The Morgan fingerprint density at radius 1 is 1.30 bits per heavy atom. The summed E-state index contributed by atoms with van der Waals surface area (Å²) < 4.78 is 1.53. The molecule has 1 aliphatic carbocycles. The topological polar surface area (TPSA) is 99.8 Å². The van der Waals surface area contributed by atoms with E-state index >= 15 is 0 Å². The number of hydrogen-bond donors (Lipinski definition) is 2. The van der Waals surface area contributed by atoms with E-state index in [4.69, 9.17) is 0 Å². The molecule has 5 rings (SSSR count). The van der Waals surface area contributed by atoms with Crippen molar-refractivity contribution in [1.29, 1.82) is 0 Å². The van der Waals surface area contributed by atoms with Gasteiger partial charge in [0.15, 0.2) is 0 Å². The number of nitrogens with zero attached hydrogens (tertiary/aromatic N) is 4. The highest BCUT2D eigenvalue weighted by Crippen LogP contribution is 2.43. The largest absolute Gasteiger partial charge is 0.388 e. The molecule has 2 aromatic heterocycles. The zero-order valence-corrected chi connectivity index (χ0v) is 16.9. The molecule has 0 bridgehead atoms. The van der Waals surface area contributed by atoms with Gasteiger partial charge in [-0.25, -0.2) is 9.50 Å². The Kier molecular flexibility index (Phi) is 4.14. The molecule has 2 amide bonds. The summed E-state index contributed by atoms with van der Waals surface area (Å²) in [4.78, 5) is 32.2. The van der Waals surface area contributed by atoms with Crippen molar-refractivity contribution in [1.82, 2.24) is 19.5 Å². The fourth-order valence-electron chi connectivity index (χ4n) is 4.56. The van der Waals surface area contributed by atoms with Gasteiger partial charge in [-0.1, -0.05) is 12.1 Å². The predicted molar refractivity (Wildman–Crippen MR) is 110 cm³/mol. The van der Waals surface area contributed by atoms with Crippen molar-refractivity contribution in [2.75, 3.05) is 5.32 Å². The van der Waals surface area contributed by atoms with Gasteiger partial charge in [0.1, 0.15) is 6.33 Å². The van der Waals surface area contributed by atoms with E-state index in [9.17, 15) is 14.7 Å². The van der Waals surface area contributed by atoms with Gasteiger partial charge in [0.2, 0.25) is 0 Å². The number of carbonyl (C=O) groups excluding carboxylic acids is 2. The zero-order valence-electron chi connectivity index (χ0n) is 16.9. The smallest absolute Gasteiger partial charge is 0.259 e. The van der Waals surface area contributed by atoms with Crippen LogP contribution in [0.2, 0.25) is 0 Å². The summed E-state index contributed by atoms with van der Waals surface area (Å²) in [6.45, 7) is 3.95. The van der Waals surface area contributed by atoms with Crippen LogP contribution in [0, 0.1) is 5.92 Å². The molecule has 1 aliphatic heterocycles. The number of anilines is 1. The fourth-order valence-corrected chi connectivity index (χ4v) is 4.56. The summed E-state index contributed by atoms with van der Waals surface area (Å²) >= 11 is 0. The fraction of sp³-hybridized carbons (Fsp3) is 0.364. The molecule has 30 heavy (non-hydrogen) atoms. The van der Waals surface area contributed by atoms with Gasteiger partial charge in [0.05, 0.1) is 40.2 Å². The Hall–Kier alpha value is -3.26. The lowest BCUT2D eigenvalue weighted by Gasteiger charge is -2.37. The van der Waals surface area contributed by atoms with E-state index in [1.54, 1.807) is 37.1 Å². The van der Waals surface area contributed by atoms with E-state index in [0.717, 1.165) is 18.4 Å². The predicted octanol–water partition coefficient (Wildman–Crippen LogP) is 2.49. The van der Waals surface area contributed by atoms with Crippen LogP contribution in [-0.2, 0) is 6.54 Å². The first-order valence-corrected chi connectivity index (χ1v) is 10.1. The molecule has 2 aliphatic rings. The van der Waals surface area contributed by atoms with E-state index in [1.165, 1.54) is 17.0 Å². The van der Waals surface area contributed by atoms with Crippen LogP contribution in [0.4, 0.5) is 5.69 Å². The standard InChI is InChI=1S/C22H23N5O3/c1-22(2,30)19(13-6-7-13)26-11-14-4-3-5-16(18(14)21(26)29)25-20(28)15-10-23-12-27-17(15)8-9-24-27/h3-5,8-10,12-13,19,30H,6-7,11H2,1-2H3,(H,25,28). The van der Waals surface area contributed by atoms with E-state index in [2.05, 4.69) is 15.4 Å². The highest BCUT2D eigenvalue weighted by molar-refractivity contribution is 6.12. The molecule has 1 fully saturated rings. The molecule has 3 aromatic rings. The van der Waals surface area contributed by atoms with Crippen LogP contribution in [-0.4, -0.2) is 48.1 Å². The third-order valence-electron chi connectivity index (χ3n) is 5.91. The van der Waals surface area contributed by atoms with Crippen LogP contribution in [0.3, 0.4) is 0 Å². The van der Waals surface area contributed by atoms with Crippen molar-refractivity contribution in [2.24, 2.45) is 5.92 Å². The maximum Gasteiger partial charge on any atom is 0.259 e. The first-order chi connectivity index (χ1) is 14.3. The van der Waals surface area contributed by atoms with Crippen LogP contribution < -0.4 is 5.32 Å². The van der Waals surface area contributed by atoms with Crippen molar-refractivity contribution < 1.29 is 14.7 Å². The van der Waals surface area contributed by atoms with Crippen LogP contribution in [0.5, 0.6) is 0 Å². The number of benzene rings is 1. The maximum absolute atomic E-state index is 13.4. The Labute approximate surface area is 173 Å². The second-order valence-corrected chi connectivity index (χ2v) is 8.63. The minimum absolute atomic E-state index is 0.152. The Morgan fingerprint density at radius 2 is 2.10 bits per heavy atom. The third-order valence-corrected chi connectivity index (χ3v) is 5.91. The third kappa shape index (κ3) is 3.04. The van der Waals surface area contributed by atoms with Crippen LogP contribution in [0.15, 0.2) is 43.0 Å². The molecule has 8 nitrogen and oxygen atoms in total. The van der Waals surface area contributed by atoms with Crippen LogP contribution >= 0.6 is 0 Å². The first kappa shape index (κ1) is 18.7. The minimum Gasteiger partial charge on any atom is -0.388 e. The van der Waals surface area contributed by atoms with Gasteiger partial charge < -0.3 is 15.3 Å². The highest BCUT2D eigenvalue weighted by Gasteiger charge is 2.48. The van der Waals surface area contributed by atoms with Gasteiger partial charge in [-0.05, 0) is 50.3 Å². The molecule has 1 atom stereocenters. The van der Waals surface area contributed by atoms with Crippen LogP contribution in [0.25, 0.3) is 5.52 Å². The zero-order chi connectivity index (χ0) is 21.0. The van der Waals surface area contributed by atoms with Gasteiger partial charge >= 0.3 is 0 Å². The normalized spacial score (nSPS) is 17.3. The molecule has 8 heteroatoms. The average Bonchev–Trinajstić information content (AvgIpc) is 3.29. The number of aromatic nitrogens is 3. The molecule has 0 saturated heterocycles. The van der Waals surface area contributed by atoms with Gasteiger partial charge in [0.25, 0.3) is 11.8 Å². The number of fused-ring (bicyclic) bond motifs is 2. The monoisotopic (exact) mass is 405 g/mol. The quantitative estimate of drug-likeness (QED) is 0.679. The molecule has 3 heterocycles. The maximum atomic E-state index is 13.4. The van der Waals surface area contributed by atoms with Crippen molar-refractivity contribution in [2.45, 2.75) is 44.9 Å². The first-order valence-electron chi connectivity index (χ1n) is 10.1. The Balaban J connectivity index is 1.47. The molecule has 2 N–H and O–H groups in total. The second-order valence-electron chi connectivity index (χ2n) is 8.63. The Bertz CT molecular complexity index is 1160. The Morgan fingerprint density at radius 3 is 2.83 bits per heavy atom. The molecule has 1 saturated carbocycles. The number of aliphatic hydroxyl groups is 1. The molecular weight excluding hydrogens is 382 g/mol. The summed E-state index contributed by atoms with van der Waals surface area (Å²) in [5.74, 6) is -0.193. The van der Waals surface area contributed by atoms with E-state index in [0.29, 0.717) is 34.8 Å². The van der Waals surface area contributed by atoms with E-state index in [1.807, 2.05) is 12.1 Å². The number of carbonyl (C=O) groups is 2. The number of hydrogen-bond acceptors (Lipinski definition) is 5. The SMILES string of the molecule is CC(C)(O)C(C1CC1)N1Cc2cccc(NC(=O)c3cncn4nccc34)c2C1=O. The van der Waals surface area contributed by atoms with E-state index < -0.39 is 5.60 Å². The van der Waals surface area contributed by atoms with E-state index in [-0.39, 0.29) is 17.9 Å². The van der Waals surface area contributed by atoms with Gasteiger partial charge in [-0.2, -0.15) is 5.10 Å². The average molecular weight is 405 g/mol. The van der Waals surface area contributed by atoms with Crippen LogP contribution in [0.1, 0.15) is 53.0 Å². The summed E-state index contributed by atoms with van der Waals surface area (Å²) in [7, 11) is 0. The lowest BCUT2D eigenvalue weighted by atomic mass is 9.93. The van der Waals surface area contributed by atoms with Crippen molar-refractivity contribution in [3.8, 4) is 0 Å². The summed E-state index contributed by atoms with van der Waals surface area (Å²) in [5.41, 5.74) is 1.84. The summed E-state index contributed by atoms with van der Waals surface area (Å²) in [5, 5.41) is 17.7.